The Morgan fingerprint density at radius 3 is 3.00 bits per heavy atom. The Kier molecular flexibility index (Phi) is 2.62. The number of fused-ring (bicyclic) bond motifs is 1. The molecular weight excluding hydrogens is 176 g/mol. The van der Waals surface area contributed by atoms with Gasteiger partial charge in [0, 0.05) is 12.7 Å². The first-order valence-electron chi connectivity index (χ1n) is 3.38. The summed E-state index contributed by atoms with van der Waals surface area (Å²) in [6.45, 7) is 0.537. The third-order valence-corrected chi connectivity index (χ3v) is 1.57. The first kappa shape index (κ1) is 8.96. The van der Waals surface area contributed by atoms with Crippen molar-refractivity contribution < 1.29 is 0 Å². The predicted molar refractivity (Wildman–Crippen MR) is 48.1 cm³/mol. The Balaban J connectivity index is 0.000000720. The Bertz CT molecular complexity index is 370. The highest BCUT2D eigenvalue weighted by atomic mass is 35.5. The second-order valence-electron chi connectivity index (χ2n) is 2.30. The smallest absolute Gasteiger partial charge is 0.155 e. The molecule has 12 heavy (non-hydrogen) atoms. The van der Waals surface area contributed by atoms with E-state index in [0.717, 1.165) is 11.2 Å². The van der Waals surface area contributed by atoms with E-state index in [4.69, 9.17) is 5.73 Å². The molecule has 4 nitrogen and oxygen atoms in total. The molecule has 2 aromatic heterocycles. The second kappa shape index (κ2) is 3.51. The van der Waals surface area contributed by atoms with E-state index in [0.29, 0.717) is 6.54 Å². The summed E-state index contributed by atoms with van der Waals surface area (Å²) in [5.74, 6) is 0. The summed E-state index contributed by atoms with van der Waals surface area (Å²) in [5.41, 5.74) is 7.36. The van der Waals surface area contributed by atoms with Crippen LogP contribution in [0.25, 0.3) is 5.65 Å². The number of nitrogens with two attached hydrogens (primary N) is 1. The van der Waals surface area contributed by atoms with Gasteiger partial charge in [-0.1, -0.05) is 6.07 Å². The highest BCUT2D eigenvalue weighted by Crippen LogP contribution is 2.00. The quantitative estimate of drug-likeness (QED) is 0.707. The second-order valence-corrected chi connectivity index (χ2v) is 2.30. The van der Waals surface area contributed by atoms with Crippen molar-refractivity contribution >= 4 is 18.1 Å². The molecule has 0 aliphatic heterocycles. The molecule has 5 heteroatoms. The van der Waals surface area contributed by atoms with Crippen LogP contribution in [0.5, 0.6) is 0 Å². The first-order chi connectivity index (χ1) is 5.40. The maximum atomic E-state index is 5.45. The zero-order valence-corrected chi connectivity index (χ0v) is 7.16. The summed E-state index contributed by atoms with van der Waals surface area (Å²) < 4.78 is 1.71. The highest BCUT2D eigenvalue weighted by Gasteiger charge is 1.94. The zero-order valence-electron chi connectivity index (χ0n) is 6.34. The van der Waals surface area contributed by atoms with Crippen LogP contribution in [-0.4, -0.2) is 14.6 Å². The third-order valence-electron chi connectivity index (χ3n) is 1.57. The lowest BCUT2D eigenvalue weighted by atomic mass is 10.3. The lowest BCUT2D eigenvalue weighted by Gasteiger charge is -1.95. The Morgan fingerprint density at radius 1 is 1.42 bits per heavy atom. The molecule has 0 saturated carbocycles. The van der Waals surface area contributed by atoms with Crippen LogP contribution in [0, 0.1) is 0 Å². The van der Waals surface area contributed by atoms with Crippen molar-refractivity contribution in [3.63, 3.8) is 0 Å². The lowest BCUT2D eigenvalue weighted by molar-refractivity contribution is 0.927. The van der Waals surface area contributed by atoms with E-state index in [2.05, 4.69) is 10.1 Å². The number of aromatic nitrogens is 3. The maximum Gasteiger partial charge on any atom is 0.155 e. The van der Waals surface area contributed by atoms with Crippen LogP contribution in [0.4, 0.5) is 0 Å². The number of halogens is 1. The average Bonchev–Trinajstić information content (AvgIpc) is 2.50. The molecule has 0 atom stereocenters. The Hall–Kier alpha value is -1.13. The SMILES string of the molecule is Cl.NCc1ccc2ncnn2c1. The first-order valence-corrected chi connectivity index (χ1v) is 3.38. The van der Waals surface area contributed by atoms with Crippen molar-refractivity contribution in [1.82, 2.24) is 14.6 Å². The molecule has 0 amide bonds. The minimum Gasteiger partial charge on any atom is -0.326 e. The molecule has 2 N–H and O–H groups in total. The van der Waals surface area contributed by atoms with E-state index in [-0.39, 0.29) is 12.4 Å². The van der Waals surface area contributed by atoms with Gasteiger partial charge in [0.2, 0.25) is 0 Å². The van der Waals surface area contributed by atoms with Gasteiger partial charge in [-0.15, -0.1) is 12.4 Å². The average molecular weight is 185 g/mol. The molecule has 2 aromatic rings. The molecule has 0 radical (unpaired) electrons. The molecule has 0 fully saturated rings. The largest absolute Gasteiger partial charge is 0.326 e. The van der Waals surface area contributed by atoms with Gasteiger partial charge in [-0.05, 0) is 11.6 Å². The van der Waals surface area contributed by atoms with E-state index in [1.54, 1.807) is 4.52 Å². The fraction of sp³-hybridized carbons (Fsp3) is 0.143. The molecule has 0 bridgehead atoms. The van der Waals surface area contributed by atoms with Gasteiger partial charge in [0.1, 0.15) is 6.33 Å². The van der Waals surface area contributed by atoms with Crippen LogP contribution in [0.15, 0.2) is 24.7 Å². The summed E-state index contributed by atoms with van der Waals surface area (Å²) in [5, 5.41) is 3.98. The van der Waals surface area contributed by atoms with Gasteiger partial charge in [0.05, 0.1) is 0 Å². The van der Waals surface area contributed by atoms with Gasteiger partial charge in [0.25, 0.3) is 0 Å². The summed E-state index contributed by atoms with van der Waals surface area (Å²) in [7, 11) is 0. The fourth-order valence-corrected chi connectivity index (χ4v) is 0.980. The van der Waals surface area contributed by atoms with Crippen LogP contribution in [0.1, 0.15) is 5.56 Å². The van der Waals surface area contributed by atoms with Gasteiger partial charge in [-0.25, -0.2) is 9.50 Å². The summed E-state index contributed by atoms with van der Waals surface area (Å²) in [6.07, 6.45) is 3.40. The van der Waals surface area contributed by atoms with Crippen molar-refractivity contribution in [1.29, 1.82) is 0 Å². The van der Waals surface area contributed by atoms with Gasteiger partial charge in [-0.3, -0.25) is 0 Å². The molecule has 0 aliphatic carbocycles. The van der Waals surface area contributed by atoms with E-state index in [9.17, 15) is 0 Å². The van der Waals surface area contributed by atoms with Crippen molar-refractivity contribution in [3.05, 3.63) is 30.2 Å². The van der Waals surface area contributed by atoms with E-state index >= 15 is 0 Å². The third kappa shape index (κ3) is 1.39. The van der Waals surface area contributed by atoms with E-state index in [1.807, 2.05) is 18.3 Å². The van der Waals surface area contributed by atoms with Crippen LogP contribution in [0.3, 0.4) is 0 Å². The molecule has 2 rings (SSSR count). The summed E-state index contributed by atoms with van der Waals surface area (Å²) in [4.78, 5) is 4.01. The maximum absolute atomic E-state index is 5.45. The highest BCUT2D eigenvalue weighted by molar-refractivity contribution is 5.85. The van der Waals surface area contributed by atoms with Crippen LogP contribution in [0.2, 0.25) is 0 Å². The van der Waals surface area contributed by atoms with Gasteiger partial charge in [0.15, 0.2) is 5.65 Å². The van der Waals surface area contributed by atoms with Crippen LogP contribution < -0.4 is 5.73 Å². The Labute approximate surface area is 75.8 Å². The van der Waals surface area contributed by atoms with Crippen molar-refractivity contribution in [2.24, 2.45) is 5.73 Å². The molecule has 2 heterocycles. The van der Waals surface area contributed by atoms with Gasteiger partial charge in [-0.2, -0.15) is 5.10 Å². The molecular formula is C7H9ClN4. The Morgan fingerprint density at radius 2 is 2.25 bits per heavy atom. The molecule has 0 spiro atoms. The predicted octanol–water partition coefficient (Wildman–Crippen LogP) is 0.610. The molecule has 0 saturated heterocycles. The standard InChI is InChI=1S/C7H8N4.ClH/c8-3-6-1-2-7-9-5-10-11(7)4-6;/h1-2,4-5H,3,8H2;1H. The molecule has 0 aliphatic rings. The van der Waals surface area contributed by atoms with Crippen LogP contribution >= 0.6 is 12.4 Å². The van der Waals surface area contributed by atoms with Gasteiger partial charge < -0.3 is 5.73 Å². The van der Waals surface area contributed by atoms with Crippen molar-refractivity contribution in [2.75, 3.05) is 0 Å². The monoisotopic (exact) mass is 184 g/mol. The normalized spacial score (nSPS) is 9.75. The van der Waals surface area contributed by atoms with Crippen LogP contribution in [-0.2, 0) is 6.54 Å². The number of hydrogen-bond donors (Lipinski definition) is 1. The van der Waals surface area contributed by atoms with Gasteiger partial charge >= 0.3 is 0 Å². The molecule has 0 aromatic carbocycles. The number of rotatable bonds is 1. The minimum absolute atomic E-state index is 0. The number of pyridine rings is 1. The number of nitrogens with zero attached hydrogens (tertiary/aromatic N) is 3. The molecule has 0 unspecified atom stereocenters. The minimum atomic E-state index is 0. The fourth-order valence-electron chi connectivity index (χ4n) is 0.980. The number of hydrogen-bond acceptors (Lipinski definition) is 3. The molecule has 64 valence electrons. The summed E-state index contributed by atoms with van der Waals surface area (Å²) in [6, 6.07) is 3.85. The topological polar surface area (TPSA) is 56.2 Å². The van der Waals surface area contributed by atoms with Crippen molar-refractivity contribution in [3.8, 4) is 0 Å². The lowest BCUT2D eigenvalue weighted by Crippen LogP contribution is -1.98. The zero-order chi connectivity index (χ0) is 7.68. The van der Waals surface area contributed by atoms with E-state index < -0.39 is 0 Å². The van der Waals surface area contributed by atoms with E-state index in [1.165, 1.54) is 6.33 Å². The van der Waals surface area contributed by atoms with Crippen molar-refractivity contribution in [2.45, 2.75) is 6.54 Å². The summed E-state index contributed by atoms with van der Waals surface area (Å²) >= 11 is 0.